The Morgan fingerprint density at radius 2 is 2.04 bits per heavy atom. The Labute approximate surface area is 155 Å². The minimum Gasteiger partial charge on any atom is -0.356 e. The highest BCUT2D eigenvalue weighted by Crippen LogP contribution is 2.34. The SMILES string of the molecule is O=CNC1CCC(C(=O)N2CCc3ncc(C4CCCCC4)cc3C2)C1. The second-order valence-electron chi connectivity index (χ2n) is 8.21. The lowest BCUT2D eigenvalue weighted by Crippen LogP contribution is -2.40. The fourth-order valence-electron chi connectivity index (χ4n) is 5.00. The maximum Gasteiger partial charge on any atom is 0.226 e. The summed E-state index contributed by atoms with van der Waals surface area (Å²) in [6.45, 7) is 1.47. The van der Waals surface area contributed by atoms with Crippen molar-refractivity contribution >= 4 is 12.3 Å². The van der Waals surface area contributed by atoms with Gasteiger partial charge in [-0.2, -0.15) is 0 Å². The average molecular weight is 355 g/mol. The van der Waals surface area contributed by atoms with Gasteiger partial charge >= 0.3 is 0 Å². The van der Waals surface area contributed by atoms with Gasteiger partial charge in [-0.1, -0.05) is 25.3 Å². The third-order valence-corrected chi connectivity index (χ3v) is 6.53. The lowest BCUT2D eigenvalue weighted by atomic mass is 9.84. The van der Waals surface area contributed by atoms with Crippen LogP contribution in [0.5, 0.6) is 0 Å². The summed E-state index contributed by atoms with van der Waals surface area (Å²) in [6, 6.07) is 2.49. The predicted molar refractivity (Wildman–Crippen MR) is 99.5 cm³/mol. The van der Waals surface area contributed by atoms with Gasteiger partial charge in [0.1, 0.15) is 0 Å². The Morgan fingerprint density at radius 1 is 1.19 bits per heavy atom. The van der Waals surface area contributed by atoms with Gasteiger partial charge in [-0.3, -0.25) is 14.6 Å². The molecule has 26 heavy (non-hydrogen) atoms. The molecule has 0 radical (unpaired) electrons. The number of hydrogen-bond donors (Lipinski definition) is 1. The van der Waals surface area contributed by atoms with Crippen LogP contribution in [0.25, 0.3) is 0 Å². The van der Waals surface area contributed by atoms with E-state index < -0.39 is 0 Å². The van der Waals surface area contributed by atoms with Crippen LogP contribution in [0.4, 0.5) is 0 Å². The van der Waals surface area contributed by atoms with E-state index in [1.807, 2.05) is 4.90 Å². The van der Waals surface area contributed by atoms with Crippen molar-refractivity contribution in [2.75, 3.05) is 6.54 Å². The number of carbonyl (C=O) groups excluding carboxylic acids is 2. The molecule has 2 aliphatic carbocycles. The van der Waals surface area contributed by atoms with Crippen LogP contribution in [-0.4, -0.2) is 34.8 Å². The summed E-state index contributed by atoms with van der Waals surface area (Å²) in [4.78, 5) is 30.3. The van der Waals surface area contributed by atoms with Gasteiger partial charge < -0.3 is 10.2 Å². The first-order valence-electron chi connectivity index (χ1n) is 10.2. The predicted octanol–water partition coefficient (Wildman–Crippen LogP) is 2.93. The molecule has 2 fully saturated rings. The van der Waals surface area contributed by atoms with Gasteiger partial charge in [0.25, 0.3) is 0 Å². The zero-order chi connectivity index (χ0) is 17.9. The lowest BCUT2D eigenvalue weighted by Gasteiger charge is -2.31. The van der Waals surface area contributed by atoms with Gasteiger partial charge in [-0.25, -0.2) is 0 Å². The van der Waals surface area contributed by atoms with Crippen LogP contribution in [0.3, 0.4) is 0 Å². The van der Waals surface area contributed by atoms with Crippen LogP contribution < -0.4 is 5.32 Å². The van der Waals surface area contributed by atoms with Crippen molar-refractivity contribution in [3.8, 4) is 0 Å². The Balaban J connectivity index is 1.43. The van der Waals surface area contributed by atoms with Crippen molar-refractivity contribution in [2.45, 2.75) is 76.3 Å². The molecular weight excluding hydrogens is 326 g/mol. The standard InChI is InChI=1S/C21H29N3O2/c25-14-23-19-7-6-16(11-19)21(26)24-9-8-20-18(13-24)10-17(12-22-20)15-4-2-1-3-5-15/h10,12,14-16,19H,1-9,11,13H2,(H,23,25). The number of nitrogens with one attached hydrogen (secondary N) is 1. The van der Waals surface area contributed by atoms with Gasteiger partial charge in [-0.05, 0) is 49.1 Å². The summed E-state index contributed by atoms with van der Waals surface area (Å²) in [5.41, 5.74) is 3.78. The molecule has 0 aromatic carbocycles. The molecule has 140 valence electrons. The third-order valence-electron chi connectivity index (χ3n) is 6.53. The fraction of sp³-hybridized carbons (Fsp3) is 0.667. The molecule has 0 spiro atoms. The average Bonchev–Trinajstić information content (AvgIpc) is 3.16. The number of hydrogen-bond acceptors (Lipinski definition) is 3. The zero-order valence-corrected chi connectivity index (χ0v) is 15.5. The number of amides is 2. The van der Waals surface area contributed by atoms with Gasteiger partial charge in [0.05, 0.1) is 0 Å². The molecule has 5 nitrogen and oxygen atoms in total. The zero-order valence-electron chi connectivity index (χ0n) is 15.5. The number of aromatic nitrogens is 1. The summed E-state index contributed by atoms with van der Waals surface area (Å²) >= 11 is 0. The maximum absolute atomic E-state index is 12.9. The lowest BCUT2D eigenvalue weighted by molar-refractivity contribution is -0.136. The molecule has 1 N–H and O–H groups in total. The summed E-state index contributed by atoms with van der Waals surface area (Å²) in [5, 5.41) is 2.83. The molecule has 0 saturated heterocycles. The number of pyridine rings is 1. The highest BCUT2D eigenvalue weighted by atomic mass is 16.2. The van der Waals surface area contributed by atoms with Gasteiger partial charge in [0.2, 0.25) is 12.3 Å². The van der Waals surface area contributed by atoms with Crippen LogP contribution in [0.1, 0.15) is 74.1 Å². The fourth-order valence-corrected chi connectivity index (χ4v) is 5.00. The van der Waals surface area contributed by atoms with Crippen molar-refractivity contribution in [2.24, 2.45) is 5.92 Å². The summed E-state index contributed by atoms with van der Waals surface area (Å²) in [7, 11) is 0. The first kappa shape index (κ1) is 17.5. The van der Waals surface area contributed by atoms with Crippen LogP contribution in [0.2, 0.25) is 0 Å². The van der Waals surface area contributed by atoms with Crippen molar-refractivity contribution in [3.05, 3.63) is 29.1 Å². The van der Waals surface area contributed by atoms with Crippen molar-refractivity contribution in [1.29, 1.82) is 0 Å². The highest BCUT2D eigenvalue weighted by molar-refractivity contribution is 5.79. The smallest absolute Gasteiger partial charge is 0.226 e. The van der Waals surface area contributed by atoms with Gasteiger partial charge in [0.15, 0.2) is 0 Å². The quantitative estimate of drug-likeness (QED) is 0.845. The Kier molecular flexibility index (Phi) is 5.23. The number of nitrogens with zero attached hydrogens (tertiary/aromatic N) is 2. The molecule has 3 aliphatic rings. The van der Waals surface area contributed by atoms with E-state index in [2.05, 4.69) is 17.6 Å². The maximum atomic E-state index is 12.9. The first-order chi connectivity index (χ1) is 12.7. The van der Waals surface area contributed by atoms with E-state index in [1.165, 1.54) is 48.9 Å². The second kappa shape index (κ2) is 7.77. The summed E-state index contributed by atoms with van der Waals surface area (Å²) < 4.78 is 0. The first-order valence-corrected chi connectivity index (χ1v) is 10.2. The van der Waals surface area contributed by atoms with Gasteiger partial charge in [0, 0.05) is 43.4 Å². The molecule has 1 aromatic rings. The van der Waals surface area contributed by atoms with E-state index in [9.17, 15) is 9.59 Å². The molecule has 5 heteroatoms. The molecule has 0 bridgehead atoms. The normalized spacial score (nSPS) is 26.4. The van der Waals surface area contributed by atoms with E-state index in [4.69, 9.17) is 4.98 Å². The van der Waals surface area contributed by atoms with Crippen LogP contribution in [0, 0.1) is 5.92 Å². The molecule has 2 atom stereocenters. The third kappa shape index (κ3) is 3.62. The van der Waals surface area contributed by atoms with E-state index in [0.717, 1.165) is 38.6 Å². The molecule has 2 amide bonds. The van der Waals surface area contributed by atoms with Crippen molar-refractivity contribution < 1.29 is 9.59 Å². The van der Waals surface area contributed by atoms with Crippen LogP contribution in [-0.2, 0) is 22.6 Å². The molecule has 2 saturated carbocycles. The highest BCUT2D eigenvalue weighted by Gasteiger charge is 2.34. The monoisotopic (exact) mass is 355 g/mol. The minimum atomic E-state index is 0.0588. The van der Waals surface area contributed by atoms with Crippen LogP contribution in [0.15, 0.2) is 12.3 Å². The largest absolute Gasteiger partial charge is 0.356 e. The Morgan fingerprint density at radius 3 is 2.85 bits per heavy atom. The van der Waals surface area contributed by atoms with E-state index >= 15 is 0 Å². The van der Waals surface area contributed by atoms with Crippen LogP contribution >= 0.6 is 0 Å². The number of carbonyl (C=O) groups is 2. The van der Waals surface area contributed by atoms with Crippen molar-refractivity contribution in [1.82, 2.24) is 15.2 Å². The van der Waals surface area contributed by atoms with E-state index in [1.54, 1.807) is 0 Å². The molecule has 4 rings (SSSR count). The summed E-state index contributed by atoms with van der Waals surface area (Å²) in [5.74, 6) is 0.968. The minimum absolute atomic E-state index is 0.0588. The molecule has 1 aliphatic heterocycles. The van der Waals surface area contributed by atoms with Gasteiger partial charge in [-0.15, -0.1) is 0 Å². The topological polar surface area (TPSA) is 62.3 Å². The van der Waals surface area contributed by atoms with E-state index in [-0.39, 0.29) is 17.9 Å². The Hall–Kier alpha value is -1.91. The molecule has 1 aromatic heterocycles. The molecular formula is C21H29N3O2. The van der Waals surface area contributed by atoms with Crippen molar-refractivity contribution in [3.63, 3.8) is 0 Å². The van der Waals surface area contributed by atoms with E-state index in [0.29, 0.717) is 12.5 Å². The Bertz CT molecular complexity index is 669. The molecule has 2 unspecified atom stereocenters. The molecule has 2 heterocycles. The number of fused-ring (bicyclic) bond motifs is 1. The number of rotatable bonds is 4. The second-order valence-corrected chi connectivity index (χ2v) is 8.21. The summed E-state index contributed by atoms with van der Waals surface area (Å²) in [6.07, 6.45) is 12.8.